The maximum Gasteiger partial charge on any atom is 0.292 e. The fourth-order valence-corrected chi connectivity index (χ4v) is 2.53. The molecule has 0 fully saturated rings. The Bertz CT molecular complexity index is 703. The summed E-state index contributed by atoms with van der Waals surface area (Å²) < 4.78 is 2.03. The number of aromatic nitrogens is 1. The third-order valence-corrected chi connectivity index (χ3v) is 4.07. The SMILES string of the molecule is CCN(C)CCNC(=O)C(=O)c1cn(C(C)C)c2ccccc12. The van der Waals surface area contributed by atoms with Crippen LogP contribution in [0.15, 0.2) is 30.5 Å². The van der Waals surface area contributed by atoms with E-state index in [9.17, 15) is 9.59 Å². The highest BCUT2D eigenvalue weighted by atomic mass is 16.2. The molecule has 0 saturated heterocycles. The summed E-state index contributed by atoms with van der Waals surface area (Å²) in [5, 5.41) is 3.54. The molecule has 0 radical (unpaired) electrons. The van der Waals surface area contributed by atoms with E-state index in [4.69, 9.17) is 0 Å². The number of nitrogens with one attached hydrogen (secondary N) is 1. The van der Waals surface area contributed by atoms with Crippen molar-refractivity contribution in [1.29, 1.82) is 0 Å². The highest BCUT2D eigenvalue weighted by Crippen LogP contribution is 2.24. The Morgan fingerprint density at radius 3 is 2.61 bits per heavy atom. The van der Waals surface area contributed by atoms with Gasteiger partial charge in [0, 0.05) is 36.2 Å². The maximum atomic E-state index is 12.5. The maximum absolute atomic E-state index is 12.5. The molecule has 5 heteroatoms. The van der Waals surface area contributed by atoms with E-state index in [1.807, 2.05) is 42.8 Å². The fraction of sp³-hybridized carbons (Fsp3) is 0.444. The van der Waals surface area contributed by atoms with E-state index in [-0.39, 0.29) is 6.04 Å². The van der Waals surface area contributed by atoms with Crippen molar-refractivity contribution in [3.63, 3.8) is 0 Å². The average molecular weight is 315 g/mol. The van der Waals surface area contributed by atoms with Crippen LogP contribution < -0.4 is 5.32 Å². The number of carbonyl (C=O) groups excluding carboxylic acids is 2. The Morgan fingerprint density at radius 1 is 1.26 bits per heavy atom. The van der Waals surface area contributed by atoms with Crippen LogP contribution in [0.4, 0.5) is 0 Å². The molecule has 5 nitrogen and oxygen atoms in total. The fourth-order valence-electron chi connectivity index (χ4n) is 2.53. The van der Waals surface area contributed by atoms with Crippen LogP contribution >= 0.6 is 0 Å². The summed E-state index contributed by atoms with van der Waals surface area (Å²) >= 11 is 0. The minimum absolute atomic E-state index is 0.225. The Balaban J connectivity index is 2.19. The van der Waals surface area contributed by atoms with Gasteiger partial charge in [-0.2, -0.15) is 0 Å². The lowest BCUT2D eigenvalue weighted by atomic mass is 10.1. The van der Waals surface area contributed by atoms with Gasteiger partial charge in [-0.05, 0) is 33.5 Å². The van der Waals surface area contributed by atoms with Crippen molar-refractivity contribution < 1.29 is 9.59 Å². The standard InChI is InChI=1S/C18H25N3O2/c1-5-20(4)11-10-19-18(23)17(22)15-12-21(13(2)3)16-9-7-6-8-14(15)16/h6-9,12-13H,5,10-11H2,1-4H3,(H,19,23). The number of hydrogen-bond acceptors (Lipinski definition) is 3. The number of rotatable bonds is 7. The molecular formula is C18H25N3O2. The lowest BCUT2D eigenvalue weighted by Crippen LogP contribution is -2.36. The Kier molecular flexibility index (Phi) is 5.55. The molecule has 0 atom stereocenters. The zero-order valence-electron chi connectivity index (χ0n) is 14.3. The van der Waals surface area contributed by atoms with Crippen LogP contribution in [-0.2, 0) is 4.79 Å². The number of Topliss-reactive ketones (excluding diaryl/α,β-unsaturated/α-hetero) is 1. The number of ketones is 1. The van der Waals surface area contributed by atoms with Crippen LogP contribution in [0.5, 0.6) is 0 Å². The molecule has 0 aliphatic carbocycles. The second-order valence-electron chi connectivity index (χ2n) is 6.04. The third kappa shape index (κ3) is 3.79. The van der Waals surface area contributed by atoms with Gasteiger partial charge in [-0.3, -0.25) is 9.59 Å². The molecule has 0 saturated carbocycles. The molecule has 1 amide bonds. The largest absolute Gasteiger partial charge is 0.348 e. The molecule has 0 spiro atoms. The van der Waals surface area contributed by atoms with Gasteiger partial charge in [0.1, 0.15) is 0 Å². The van der Waals surface area contributed by atoms with Crippen LogP contribution in [0.3, 0.4) is 0 Å². The smallest absolute Gasteiger partial charge is 0.292 e. The van der Waals surface area contributed by atoms with Crippen molar-refractivity contribution in [2.45, 2.75) is 26.8 Å². The van der Waals surface area contributed by atoms with E-state index >= 15 is 0 Å². The Labute approximate surface area is 137 Å². The summed E-state index contributed by atoms with van der Waals surface area (Å²) in [5.74, 6) is -1.01. The van der Waals surface area contributed by atoms with E-state index in [1.165, 1.54) is 0 Å². The third-order valence-electron chi connectivity index (χ3n) is 4.07. The monoisotopic (exact) mass is 315 g/mol. The predicted octanol–water partition coefficient (Wildman–Crippen LogP) is 2.47. The van der Waals surface area contributed by atoms with E-state index in [1.54, 1.807) is 6.20 Å². The van der Waals surface area contributed by atoms with E-state index in [0.29, 0.717) is 12.1 Å². The average Bonchev–Trinajstić information content (AvgIpc) is 2.93. The van der Waals surface area contributed by atoms with Crippen molar-refractivity contribution in [3.8, 4) is 0 Å². The van der Waals surface area contributed by atoms with Gasteiger partial charge in [0.25, 0.3) is 11.7 Å². The van der Waals surface area contributed by atoms with Crippen LogP contribution in [0, 0.1) is 0 Å². The predicted molar refractivity (Wildman–Crippen MR) is 92.8 cm³/mol. The molecule has 1 aromatic carbocycles. The zero-order chi connectivity index (χ0) is 17.0. The van der Waals surface area contributed by atoms with Gasteiger partial charge in [-0.25, -0.2) is 0 Å². The Hall–Kier alpha value is -2.14. The number of hydrogen-bond donors (Lipinski definition) is 1. The molecule has 23 heavy (non-hydrogen) atoms. The number of likely N-dealkylation sites (N-methyl/N-ethyl adjacent to an activating group) is 1. The van der Waals surface area contributed by atoms with Gasteiger partial charge in [-0.15, -0.1) is 0 Å². The first kappa shape index (κ1) is 17.2. The first-order valence-electron chi connectivity index (χ1n) is 8.06. The summed E-state index contributed by atoms with van der Waals surface area (Å²) in [6, 6.07) is 7.91. The first-order valence-corrected chi connectivity index (χ1v) is 8.06. The first-order chi connectivity index (χ1) is 11.0. The summed E-state index contributed by atoms with van der Waals surface area (Å²) in [5.41, 5.74) is 1.44. The second kappa shape index (κ2) is 7.42. The number of benzene rings is 1. The molecule has 0 bridgehead atoms. The number of para-hydroxylation sites is 1. The number of nitrogens with zero attached hydrogens (tertiary/aromatic N) is 2. The quantitative estimate of drug-likeness (QED) is 0.631. The van der Waals surface area contributed by atoms with Gasteiger partial charge in [-0.1, -0.05) is 25.1 Å². The molecule has 2 aromatic rings. The summed E-state index contributed by atoms with van der Waals surface area (Å²) in [4.78, 5) is 26.7. The number of carbonyl (C=O) groups is 2. The molecule has 1 aromatic heterocycles. The van der Waals surface area contributed by atoms with Crippen LogP contribution in [0.1, 0.15) is 37.2 Å². The molecule has 1 heterocycles. The van der Waals surface area contributed by atoms with Crippen molar-refractivity contribution in [2.24, 2.45) is 0 Å². The molecule has 124 valence electrons. The minimum Gasteiger partial charge on any atom is -0.348 e. The number of amides is 1. The topological polar surface area (TPSA) is 54.3 Å². The lowest BCUT2D eigenvalue weighted by Gasteiger charge is -2.13. The second-order valence-corrected chi connectivity index (χ2v) is 6.04. The number of fused-ring (bicyclic) bond motifs is 1. The van der Waals surface area contributed by atoms with Crippen LogP contribution in [-0.4, -0.2) is 47.8 Å². The normalized spacial score (nSPS) is 11.4. The van der Waals surface area contributed by atoms with E-state index in [2.05, 4.69) is 24.1 Å². The molecule has 0 unspecified atom stereocenters. The molecule has 2 rings (SSSR count). The molecule has 0 aliphatic heterocycles. The molecular weight excluding hydrogens is 290 g/mol. The molecule has 1 N–H and O–H groups in total. The zero-order valence-corrected chi connectivity index (χ0v) is 14.3. The highest BCUT2D eigenvalue weighted by molar-refractivity contribution is 6.45. The Morgan fingerprint density at radius 2 is 1.96 bits per heavy atom. The van der Waals surface area contributed by atoms with Crippen molar-refractivity contribution in [1.82, 2.24) is 14.8 Å². The van der Waals surface area contributed by atoms with Crippen molar-refractivity contribution in [2.75, 3.05) is 26.7 Å². The minimum atomic E-state index is -0.541. The summed E-state index contributed by atoms with van der Waals surface area (Å²) in [6.07, 6.45) is 1.79. The van der Waals surface area contributed by atoms with Gasteiger partial charge in [0.2, 0.25) is 0 Å². The summed E-state index contributed by atoms with van der Waals surface area (Å²) in [7, 11) is 1.98. The van der Waals surface area contributed by atoms with Gasteiger partial charge in [0.05, 0.1) is 5.56 Å². The molecule has 0 aliphatic rings. The van der Waals surface area contributed by atoms with Gasteiger partial charge >= 0.3 is 0 Å². The van der Waals surface area contributed by atoms with Crippen molar-refractivity contribution in [3.05, 3.63) is 36.0 Å². The summed E-state index contributed by atoms with van der Waals surface area (Å²) in [6.45, 7) is 8.27. The highest BCUT2D eigenvalue weighted by Gasteiger charge is 2.21. The van der Waals surface area contributed by atoms with Crippen LogP contribution in [0.25, 0.3) is 10.9 Å². The lowest BCUT2D eigenvalue weighted by molar-refractivity contribution is -0.117. The van der Waals surface area contributed by atoms with Crippen molar-refractivity contribution >= 4 is 22.6 Å². The van der Waals surface area contributed by atoms with E-state index < -0.39 is 11.7 Å². The van der Waals surface area contributed by atoms with E-state index in [0.717, 1.165) is 24.0 Å². The van der Waals surface area contributed by atoms with Gasteiger partial charge < -0.3 is 14.8 Å². The van der Waals surface area contributed by atoms with Crippen LogP contribution in [0.2, 0.25) is 0 Å². The van der Waals surface area contributed by atoms with Gasteiger partial charge in [0.15, 0.2) is 0 Å².